The molecule has 0 aliphatic carbocycles. The quantitative estimate of drug-likeness (QED) is 0.782. The summed E-state index contributed by atoms with van der Waals surface area (Å²) in [6, 6.07) is 10.3. The van der Waals surface area contributed by atoms with Crippen LogP contribution in [0.2, 0.25) is 0 Å². The Morgan fingerprint density at radius 2 is 2.10 bits per heavy atom. The van der Waals surface area contributed by atoms with Crippen molar-refractivity contribution >= 4 is 22.2 Å². The average Bonchev–Trinajstić information content (AvgIpc) is 2.92. The second-order valence-electron chi connectivity index (χ2n) is 4.96. The highest BCUT2D eigenvalue weighted by Crippen LogP contribution is 2.26. The van der Waals surface area contributed by atoms with E-state index >= 15 is 0 Å². The Labute approximate surface area is 127 Å². The number of para-hydroxylation sites is 1. The van der Waals surface area contributed by atoms with Crippen LogP contribution in [0.1, 0.15) is 18.9 Å². The van der Waals surface area contributed by atoms with Crippen LogP contribution in [0.3, 0.4) is 0 Å². The van der Waals surface area contributed by atoms with Gasteiger partial charge in [-0.3, -0.25) is 4.98 Å². The number of nitrogens with zero attached hydrogens (tertiary/aromatic N) is 3. The number of benzene rings is 1. The Hall–Kier alpha value is -2.05. The van der Waals surface area contributed by atoms with E-state index in [9.17, 15) is 0 Å². The van der Waals surface area contributed by atoms with E-state index in [-0.39, 0.29) is 0 Å². The van der Waals surface area contributed by atoms with Gasteiger partial charge in [-0.25, -0.2) is 0 Å². The van der Waals surface area contributed by atoms with E-state index in [1.807, 2.05) is 30.3 Å². The largest absolute Gasteiger partial charge is 0.428 e. The number of pyridine rings is 1. The highest BCUT2D eigenvalue weighted by molar-refractivity contribution is 7.13. The molecule has 21 heavy (non-hydrogen) atoms. The van der Waals surface area contributed by atoms with Crippen LogP contribution >= 0.6 is 11.3 Å². The van der Waals surface area contributed by atoms with Gasteiger partial charge in [0.25, 0.3) is 5.19 Å². The summed E-state index contributed by atoms with van der Waals surface area (Å²) in [6.07, 6.45) is 1.70. The maximum Gasteiger partial charge on any atom is 0.299 e. The fourth-order valence-corrected chi connectivity index (χ4v) is 2.51. The first-order valence-electron chi connectivity index (χ1n) is 6.79. The van der Waals surface area contributed by atoms with Crippen molar-refractivity contribution < 1.29 is 4.74 Å². The molecule has 0 unspecified atom stereocenters. The summed E-state index contributed by atoms with van der Waals surface area (Å²) in [6.45, 7) is 4.90. The van der Waals surface area contributed by atoms with Gasteiger partial charge in [0.05, 0.1) is 18.3 Å². The zero-order valence-electron chi connectivity index (χ0n) is 11.9. The minimum absolute atomic E-state index is 0.419. The monoisotopic (exact) mass is 300 g/mol. The topological polar surface area (TPSA) is 59.9 Å². The van der Waals surface area contributed by atoms with Crippen molar-refractivity contribution in [1.82, 2.24) is 20.5 Å². The van der Waals surface area contributed by atoms with Crippen molar-refractivity contribution in [2.24, 2.45) is 0 Å². The fourth-order valence-electron chi connectivity index (χ4n) is 1.85. The molecule has 0 amide bonds. The third-order valence-corrected chi connectivity index (χ3v) is 3.68. The van der Waals surface area contributed by atoms with Gasteiger partial charge in [0.2, 0.25) is 0 Å². The summed E-state index contributed by atoms with van der Waals surface area (Å²) in [4.78, 5) is 4.36. The van der Waals surface area contributed by atoms with Crippen molar-refractivity contribution in [3.05, 3.63) is 41.5 Å². The second-order valence-corrected chi connectivity index (χ2v) is 5.99. The number of nitrogens with one attached hydrogen (secondary N) is 1. The van der Waals surface area contributed by atoms with E-state index in [1.165, 1.54) is 11.3 Å². The van der Waals surface area contributed by atoms with Crippen LogP contribution in [0.15, 0.2) is 36.5 Å². The third kappa shape index (κ3) is 3.53. The van der Waals surface area contributed by atoms with Gasteiger partial charge in [0.15, 0.2) is 0 Å². The average molecular weight is 300 g/mol. The number of hydrogen-bond acceptors (Lipinski definition) is 6. The lowest BCUT2D eigenvalue weighted by Crippen LogP contribution is -2.21. The highest BCUT2D eigenvalue weighted by Gasteiger charge is 2.07. The molecule has 2 heterocycles. The van der Waals surface area contributed by atoms with E-state index in [0.717, 1.165) is 15.9 Å². The van der Waals surface area contributed by atoms with Crippen LogP contribution in [0, 0.1) is 0 Å². The zero-order chi connectivity index (χ0) is 14.7. The standard InChI is InChI=1S/C15H16N4OS/c1-10(2)16-9-14-18-19-15(21-14)20-12-7-11-5-3-4-6-13(11)17-8-12/h3-8,10,16H,9H2,1-2H3. The summed E-state index contributed by atoms with van der Waals surface area (Å²) in [5.41, 5.74) is 0.948. The van der Waals surface area contributed by atoms with E-state index < -0.39 is 0 Å². The van der Waals surface area contributed by atoms with E-state index in [0.29, 0.717) is 23.5 Å². The molecular weight excluding hydrogens is 284 g/mol. The molecule has 0 aliphatic rings. The number of hydrogen-bond donors (Lipinski definition) is 1. The molecule has 2 aromatic heterocycles. The van der Waals surface area contributed by atoms with Gasteiger partial charge in [-0.05, 0) is 12.1 Å². The Morgan fingerprint density at radius 1 is 1.24 bits per heavy atom. The van der Waals surface area contributed by atoms with Crippen LogP contribution in [0.25, 0.3) is 10.9 Å². The highest BCUT2D eigenvalue weighted by atomic mass is 32.1. The first kappa shape index (κ1) is 13.9. The molecule has 3 rings (SSSR count). The summed E-state index contributed by atoms with van der Waals surface area (Å²) < 4.78 is 5.73. The molecule has 1 aromatic carbocycles. The van der Waals surface area contributed by atoms with Crippen molar-refractivity contribution in [2.45, 2.75) is 26.4 Å². The molecule has 0 spiro atoms. The second kappa shape index (κ2) is 6.15. The van der Waals surface area contributed by atoms with Crippen molar-refractivity contribution in [2.75, 3.05) is 0 Å². The number of aromatic nitrogens is 3. The first-order valence-corrected chi connectivity index (χ1v) is 7.61. The van der Waals surface area contributed by atoms with Gasteiger partial charge in [-0.2, -0.15) is 0 Å². The van der Waals surface area contributed by atoms with Crippen LogP contribution in [-0.4, -0.2) is 21.2 Å². The molecule has 0 saturated heterocycles. The molecule has 1 N–H and O–H groups in total. The Bertz CT molecular complexity index is 741. The minimum Gasteiger partial charge on any atom is -0.428 e. The zero-order valence-corrected chi connectivity index (χ0v) is 12.7. The van der Waals surface area contributed by atoms with Crippen LogP contribution < -0.4 is 10.1 Å². The Kier molecular flexibility index (Phi) is 4.08. The normalized spacial score (nSPS) is 11.2. The molecule has 3 aromatic rings. The molecule has 0 radical (unpaired) electrons. The SMILES string of the molecule is CC(C)NCc1nnc(Oc2cnc3ccccc3c2)s1. The van der Waals surface area contributed by atoms with E-state index in [1.54, 1.807) is 6.20 Å². The van der Waals surface area contributed by atoms with E-state index in [2.05, 4.69) is 34.3 Å². The molecular formula is C15H16N4OS. The fraction of sp³-hybridized carbons (Fsp3) is 0.267. The van der Waals surface area contributed by atoms with Crippen LogP contribution in [0.5, 0.6) is 10.9 Å². The number of rotatable bonds is 5. The maximum atomic E-state index is 5.73. The van der Waals surface area contributed by atoms with Gasteiger partial charge in [-0.1, -0.05) is 48.5 Å². The predicted octanol–water partition coefficient (Wildman–Crippen LogP) is 3.38. The van der Waals surface area contributed by atoms with Gasteiger partial charge in [0, 0.05) is 11.4 Å². The summed E-state index contributed by atoms with van der Waals surface area (Å²) in [5, 5.41) is 13.9. The molecule has 0 atom stereocenters. The number of fused-ring (bicyclic) bond motifs is 1. The van der Waals surface area contributed by atoms with Crippen molar-refractivity contribution in [1.29, 1.82) is 0 Å². The Balaban J connectivity index is 1.72. The molecule has 6 heteroatoms. The predicted molar refractivity (Wildman–Crippen MR) is 83.7 cm³/mol. The minimum atomic E-state index is 0.419. The van der Waals surface area contributed by atoms with Gasteiger partial charge < -0.3 is 10.1 Å². The van der Waals surface area contributed by atoms with Crippen LogP contribution in [0.4, 0.5) is 0 Å². The summed E-state index contributed by atoms with van der Waals surface area (Å²) in [5.74, 6) is 0.674. The first-order chi connectivity index (χ1) is 10.2. The van der Waals surface area contributed by atoms with Gasteiger partial charge >= 0.3 is 0 Å². The van der Waals surface area contributed by atoms with Crippen molar-refractivity contribution in [3.8, 4) is 10.9 Å². The van der Waals surface area contributed by atoms with Crippen molar-refractivity contribution in [3.63, 3.8) is 0 Å². The maximum absolute atomic E-state index is 5.73. The smallest absolute Gasteiger partial charge is 0.299 e. The Morgan fingerprint density at radius 3 is 2.95 bits per heavy atom. The van der Waals surface area contributed by atoms with E-state index in [4.69, 9.17) is 4.74 Å². The van der Waals surface area contributed by atoms with Crippen LogP contribution in [-0.2, 0) is 6.54 Å². The number of ether oxygens (including phenoxy) is 1. The third-order valence-electron chi connectivity index (χ3n) is 2.88. The molecule has 108 valence electrons. The lowest BCUT2D eigenvalue weighted by Gasteiger charge is -2.04. The lowest BCUT2D eigenvalue weighted by atomic mass is 10.2. The molecule has 0 bridgehead atoms. The molecule has 0 saturated carbocycles. The molecule has 5 nitrogen and oxygen atoms in total. The lowest BCUT2D eigenvalue weighted by molar-refractivity contribution is 0.471. The molecule has 0 aliphatic heterocycles. The molecule has 0 fully saturated rings. The van der Waals surface area contributed by atoms with Gasteiger partial charge in [-0.15, -0.1) is 5.10 Å². The van der Waals surface area contributed by atoms with Gasteiger partial charge in [0.1, 0.15) is 10.8 Å². The summed E-state index contributed by atoms with van der Waals surface area (Å²) in [7, 11) is 0. The summed E-state index contributed by atoms with van der Waals surface area (Å²) >= 11 is 1.44.